The maximum atomic E-state index is 12.1. The Bertz CT molecular complexity index is 860. The van der Waals surface area contributed by atoms with Crippen LogP contribution in [0.1, 0.15) is 17.4 Å². The fourth-order valence-electron chi connectivity index (χ4n) is 2.55. The standard InChI is InChI=1S/C16H13N3O4S2/c1-25-15(24)12-13(9-4-6-10(7-5-9)19(21)22)17-16(20)18-14(12)11-3-2-8-23-11/h2-8,13H,1H3,(H2,17,18,20). The number of thiocarbonyl (C=S) groups is 1. The van der Waals surface area contributed by atoms with E-state index in [1.54, 1.807) is 24.3 Å². The van der Waals surface area contributed by atoms with Crippen molar-refractivity contribution in [1.29, 1.82) is 0 Å². The van der Waals surface area contributed by atoms with Crippen LogP contribution in [0.2, 0.25) is 0 Å². The number of thioether (sulfide) groups is 1. The van der Waals surface area contributed by atoms with Gasteiger partial charge in [-0.05, 0) is 36.1 Å². The second kappa shape index (κ2) is 7.08. The molecule has 1 unspecified atom stereocenters. The van der Waals surface area contributed by atoms with Crippen molar-refractivity contribution in [2.24, 2.45) is 0 Å². The van der Waals surface area contributed by atoms with E-state index < -0.39 is 17.0 Å². The van der Waals surface area contributed by atoms with E-state index in [0.29, 0.717) is 26.8 Å². The van der Waals surface area contributed by atoms with Gasteiger partial charge in [0.2, 0.25) is 0 Å². The average Bonchev–Trinajstić information content (AvgIpc) is 3.15. The van der Waals surface area contributed by atoms with Gasteiger partial charge in [0, 0.05) is 17.7 Å². The Morgan fingerprint density at radius 3 is 2.60 bits per heavy atom. The Labute approximate surface area is 152 Å². The number of benzene rings is 1. The van der Waals surface area contributed by atoms with Gasteiger partial charge in [0.05, 0.1) is 27.1 Å². The van der Waals surface area contributed by atoms with Gasteiger partial charge in [-0.3, -0.25) is 10.1 Å². The van der Waals surface area contributed by atoms with E-state index in [1.807, 2.05) is 6.26 Å². The largest absolute Gasteiger partial charge is 0.463 e. The summed E-state index contributed by atoms with van der Waals surface area (Å²) in [6, 6.07) is 8.53. The molecule has 0 spiro atoms. The van der Waals surface area contributed by atoms with Gasteiger partial charge in [0.15, 0.2) is 5.76 Å². The fourth-order valence-corrected chi connectivity index (χ4v) is 3.21. The lowest BCUT2D eigenvalue weighted by Gasteiger charge is -2.29. The molecule has 1 aromatic heterocycles. The third-order valence-corrected chi connectivity index (χ3v) is 4.99. The molecule has 0 saturated heterocycles. The first-order valence-corrected chi connectivity index (χ1v) is 8.82. The third kappa shape index (κ3) is 3.42. The molecule has 1 atom stereocenters. The molecule has 0 aliphatic carbocycles. The summed E-state index contributed by atoms with van der Waals surface area (Å²) < 4.78 is 6.01. The Balaban J connectivity index is 2.12. The van der Waals surface area contributed by atoms with E-state index in [9.17, 15) is 14.9 Å². The second-order valence-corrected chi connectivity index (χ2v) is 6.62. The van der Waals surface area contributed by atoms with Crippen LogP contribution in [0, 0.1) is 10.1 Å². The molecule has 0 bridgehead atoms. The number of carbonyl (C=O) groups is 1. The first-order valence-electron chi connectivity index (χ1n) is 7.19. The molecule has 2 amide bonds. The summed E-state index contributed by atoms with van der Waals surface area (Å²) in [5.41, 5.74) is 1.85. The number of furan rings is 1. The van der Waals surface area contributed by atoms with Gasteiger partial charge in [0.1, 0.15) is 0 Å². The van der Waals surface area contributed by atoms with Crippen LogP contribution in [0.25, 0.3) is 5.70 Å². The topological polar surface area (TPSA) is 97.4 Å². The van der Waals surface area contributed by atoms with Crippen LogP contribution in [-0.4, -0.2) is 21.4 Å². The van der Waals surface area contributed by atoms with Gasteiger partial charge < -0.3 is 15.1 Å². The Kier molecular flexibility index (Phi) is 4.86. The van der Waals surface area contributed by atoms with Crippen molar-refractivity contribution in [2.75, 3.05) is 6.26 Å². The van der Waals surface area contributed by atoms with E-state index in [1.165, 1.54) is 30.2 Å². The highest BCUT2D eigenvalue weighted by Crippen LogP contribution is 2.35. The van der Waals surface area contributed by atoms with Crippen molar-refractivity contribution in [3.05, 3.63) is 69.7 Å². The highest BCUT2D eigenvalue weighted by molar-refractivity contribution is 8.23. The second-order valence-electron chi connectivity index (χ2n) is 5.14. The van der Waals surface area contributed by atoms with Crippen molar-refractivity contribution in [3.8, 4) is 0 Å². The smallest absolute Gasteiger partial charge is 0.320 e. The number of carbonyl (C=O) groups excluding carboxylic acids is 1. The maximum absolute atomic E-state index is 12.1. The molecule has 1 aromatic carbocycles. The summed E-state index contributed by atoms with van der Waals surface area (Å²) in [4.78, 5) is 22.5. The lowest BCUT2D eigenvalue weighted by molar-refractivity contribution is -0.384. The molecule has 2 N–H and O–H groups in total. The number of non-ortho nitro benzene ring substituents is 1. The summed E-state index contributed by atoms with van der Waals surface area (Å²) in [6.45, 7) is 0. The van der Waals surface area contributed by atoms with Crippen molar-refractivity contribution in [1.82, 2.24) is 10.6 Å². The maximum Gasteiger partial charge on any atom is 0.320 e. The molecule has 2 aromatic rings. The molecule has 25 heavy (non-hydrogen) atoms. The van der Waals surface area contributed by atoms with Crippen molar-refractivity contribution >= 4 is 45.6 Å². The van der Waals surface area contributed by atoms with Crippen LogP contribution in [0.4, 0.5) is 10.5 Å². The van der Waals surface area contributed by atoms with E-state index in [-0.39, 0.29) is 5.69 Å². The molecule has 0 fully saturated rings. The number of amides is 2. The first-order chi connectivity index (χ1) is 12.0. The first kappa shape index (κ1) is 17.2. The number of nitrogens with one attached hydrogen (secondary N) is 2. The minimum Gasteiger partial charge on any atom is -0.463 e. The Morgan fingerprint density at radius 1 is 1.32 bits per heavy atom. The number of urea groups is 1. The van der Waals surface area contributed by atoms with Crippen molar-refractivity contribution in [2.45, 2.75) is 6.04 Å². The molecule has 0 radical (unpaired) electrons. The zero-order valence-electron chi connectivity index (χ0n) is 13.0. The van der Waals surface area contributed by atoms with Crippen LogP contribution in [-0.2, 0) is 0 Å². The fraction of sp³-hybridized carbons (Fsp3) is 0.125. The lowest BCUT2D eigenvalue weighted by atomic mass is 9.95. The van der Waals surface area contributed by atoms with E-state index >= 15 is 0 Å². The van der Waals surface area contributed by atoms with Gasteiger partial charge in [-0.15, -0.1) is 11.8 Å². The molecule has 0 saturated carbocycles. The van der Waals surface area contributed by atoms with Crippen LogP contribution in [0.3, 0.4) is 0 Å². The van der Waals surface area contributed by atoms with Crippen LogP contribution in [0.5, 0.6) is 0 Å². The number of nitrogens with zero attached hydrogens (tertiary/aromatic N) is 1. The van der Waals surface area contributed by atoms with Gasteiger partial charge >= 0.3 is 6.03 Å². The molecular weight excluding hydrogens is 362 g/mol. The Hall–Kier alpha value is -2.65. The van der Waals surface area contributed by atoms with Gasteiger partial charge in [-0.1, -0.05) is 12.2 Å². The number of nitro groups is 1. The molecular formula is C16H13N3O4S2. The number of rotatable bonds is 4. The van der Waals surface area contributed by atoms with E-state index in [4.69, 9.17) is 16.6 Å². The predicted octanol–water partition coefficient (Wildman–Crippen LogP) is 3.64. The minimum atomic E-state index is -0.533. The van der Waals surface area contributed by atoms with E-state index in [0.717, 1.165) is 0 Å². The third-order valence-electron chi connectivity index (χ3n) is 3.68. The summed E-state index contributed by atoms with van der Waals surface area (Å²) >= 11 is 6.85. The van der Waals surface area contributed by atoms with Gasteiger partial charge in [0.25, 0.3) is 5.69 Å². The zero-order valence-corrected chi connectivity index (χ0v) is 14.6. The molecule has 9 heteroatoms. The molecule has 1 aliphatic rings. The predicted molar refractivity (Wildman–Crippen MR) is 99.2 cm³/mol. The zero-order chi connectivity index (χ0) is 18.0. The summed E-state index contributed by atoms with van der Waals surface area (Å²) in [5.74, 6) is 0.494. The molecule has 2 heterocycles. The number of hydrogen-bond donors (Lipinski definition) is 2. The molecule has 128 valence electrons. The van der Waals surface area contributed by atoms with Gasteiger partial charge in [-0.2, -0.15) is 0 Å². The minimum absolute atomic E-state index is 0.0201. The number of nitro benzene ring substituents is 1. The summed E-state index contributed by atoms with van der Waals surface area (Å²) in [7, 11) is 0. The highest BCUT2D eigenvalue weighted by Gasteiger charge is 2.32. The molecule has 3 rings (SSSR count). The monoisotopic (exact) mass is 375 g/mol. The average molecular weight is 375 g/mol. The summed E-state index contributed by atoms with van der Waals surface area (Å²) in [6.07, 6.45) is 3.36. The molecule has 1 aliphatic heterocycles. The SMILES string of the molecule is CSC(=S)C1=C(c2ccco2)NC(=O)NC1c1ccc([N+](=O)[O-])cc1. The molecule has 7 nitrogen and oxygen atoms in total. The normalized spacial score (nSPS) is 17.0. The van der Waals surface area contributed by atoms with Crippen LogP contribution >= 0.6 is 24.0 Å². The Morgan fingerprint density at radius 2 is 2.04 bits per heavy atom. The quantitative estimate of drug-likeness (QED) is 0.481. The van der Waals surface area contributed by atoms with Crippen LogP contribution < -0.4 is 10.6 Å². The lowest BCUT2D eigenvalue weighted by Crippen LogP contribution is -2.44. The van der Waals surface area contributed by atoms with Crippen molar-refractivity contribution < 1.29 is 14.1 Å². The van der Waals surface area contributed by atoms with E-state index in [2.05, 4.69) is 10.6 Å². The summed E-state index contributed by atoms with van der Waals surface area (Å²) in [5, 5.41) is 16.4. The highest BCUT2D eigenvalue weighted by atomic mass is 32.2. The van der Waals surface area contributed by atoms with Crippen molar-refractivity contribution in [3.63, 3.8) is 0 Å². The van der Waals surface area contributed by atoms with Gasteiger partial charge in [-0.25, -0.2) is 4.79 Å². The number of hydrogen-bond acceptors (Lipinski definition) is 6. The van der Waals surface area contributed by atoms with Crippen LogP contribution in [0.15, 0.2) is 52.7 Å².